The molecular weight excluding hydrogens is 893 g/mol. The lowest BCUT2D eigenvalue weighted by molar-refractivity contribution is 1.19. The summed E-state index contributed by atoms with van der Waals surface area (Å²) in [5, 5.41) is 9.92. The SMILES string of the molecule is c1ccc(-c2ccc(-c3ccccc3N(c3cccc(-c4cc5ccccc5c5ccccc45)c3)c3ccc(-c4ccccc4-n4c5ccccc5c5ccc6ccccc6c54)c(-c4ccccc4)c3)cc2)cc1. The number of para-hydroxylation sites is 3. The molecule has 346 valence electrons. The largest absolute Gasteiger partial charge is 0.310 e. The standard InChI is InChI=1S/C72H48N2/c1-3-20-49(21-4-1)50-38-40-53(41-39-50)59-29-13-16-35-69(59)73(56-27-19-26-54(46-56)67-47-55-25-8-9-28-58(55)61-31-11-12-32-62(61)67)57-43-45-63(68(48-57)51-22-5-2-6-23-51)64-33-14-17-36-70(64)74-71-37-18-15-34-65(71)66-44-42-52-24-7-10-30-60(52)72(66)74/h1-48H. The van der Waals surface area contributed by atoms with Gasteiger partial charge in [-0.3, -0.25) is 0 Å². The Labute approximate surface area is 430 Å². The third kappa shape index (κ3) is 7.35. The summed E-state index contributed by atoms with van der Waals surface area (Å²) >= 11 is 0. The van der Waals surface area contributed by atoms with Crippen molar-refractivity contribution >= 4 is 71.2 Å². The molecule has 0 unspecified atom stereocenters. The molecule has 0 aliphatic rings. The molecular formula is C72H48N2. The van der Waals surface area contributed by atoms with Crippen LogP contribution in [0.15, 0.2) is 291 Å². The number of hydrogen-bond acceptors (Lipinski definition) is 1. The molecule has 1 heterocycles. The fourth-order valence-corrected chi connectivity index (χ4v) is 11.6. The van der Waals surface area contributed by atoms with Crippen molar-refractivity contribution in [2.45, 2.75) is 0 Å². The highest BCUT2D eigenvalue weighted by Crippen LogP contribution is 2.47. The Morgan fingerprint density at radius 3 is 1.62 bits per heavy atom. The molecule has 2 nitrogen and oxygen atoms in total. The number of aromatic nitrogens is 1. The van der Waals surface area contributed by atoms with Crippen molar-refractivity contribution in [3.05, 3.63) is 291 Å². The van der Waals surface area contributed by atoms with Gasteiger partial charge in [0.15, 0.2) is 0 Å². The summed E-state index contributed by atoms with van der Waals surface area (Å²) in [5.41, 5.74) is 18.4. The Morgan fingerprint density at radius 1 is 0.243 bits per heavy atom. The van der Waals surface area contributed by atoms with Gasteiger partial charge in [0.05, 0.1) is 22.4 Å². The van der Waals surface area contributed by atoms with E-state index in [1.807, 2.05) is 0 Å². The van der Waals surface area contributed by atoms with Gasteiger partial charge < -0.3 is 9.47 Å². The van der Waals surface area contributed by atoms with Gasteiger partial charge in [-0.2, -0.15) is 0 Å². The summed E-state index contributed by atoms with van der Waals surface area (Å²) in [6.45, 7) is 0. The number of benzene rings is 13. The Balaban J connectivity index is 0.998. The molecule has 0 saturated heterocycles. The zero-order chi connectivity index (χ0) is 49.0. The Kier molecular flexibility index (Phi) is 10.6. The van der Waals surface area contributed by atoms with E-state index in [1.165, 1.54) is 70.8 Å². The third-order valence-electron chi connectivity index (χ3n) is 15.0. The van der Waals surface area contributed by atoms with Crippen LogP contribution in [0.2, 0.25) is 0 Å². The van der Waals surface area contributed by atoms with Crippen LogP contribution in [0.5, 0.6) is 0 Å². The minimum Gasteiger partial charge on any atom is -0.310 e. The minimum absolute atomic E-state index is 1.06. The molecule has 0 fully saturated rings. The molecule has 14 aromatic rings. The van der Waals surface area contributed by atoms with Crippen LogP contribution >= 0.6 is 0 Å². The molecule has 0 N–H and O–H groups in total. The molecule has 74 heavy (non-hydrogen) atoms. The smallest absolute Gasteiger partial charge is 0.0619 e. The maximum Gasteiger partial charge on any atom is 0.0619 e. The van der Waals surface area contributed by atoms with E-state index in [-0.39, 0.29) is 0 Å². The van der Waals surface area contributed by atoms with E-state index >= 15 is 0 Å². The van der Waals surface area contributed by atoms with Crippen molar-refractivity contribution in [3.63, 3.8) is 0 Å². The van der Waals surface area contributed by atoms with Gasteiger partial charge in [-0.1, -0.05) is 243 Å². The second-order valence-electron chi connectivity index (χ2n) is 19.2. The van der Waals surface area contributed by atoms with Gasteiger partial charge in [-0.05, 0) is 120 Å². The van der Waals surface area contributed by atoms with Crippen LogP contribution in [0.1, 0.15) is 0 Å². The minimum atomic E-state index is 1.06. The first kappa shape index (κ1) is 43.1. The number of fused-ring (bicyclic) bond motifs is 8. The summed E-state index contributed by atoms with van der Waals surface area (Å²) < 4.78 is 2.50. The topological polar surface area (TPSA) is 8.17 Å². The van der Waals surface area contributed by atoms with Crippen LogP contribution in [-0.2, 0) is 0 Å². The highest BCUT2D eigenvalue weighted by Gasteiger charge is 2.23. The van der Waals surface area contributed by atoms with Gasteiger partial charge >= 0.3 is 0 Å². The van der Waals surface area contributed by atoms with E-state index in [0.29, 0.717) is 0 Å². The van der Waals surface area contributed by atoms with Crippen molar-refractivity contribution < 1.29 is 0 Å². The molecule has 0 aliphatic carbocycles. The Hall–Kier alpha value is -9.76. The summed E-state index contributed by atoms with van der Waals surface area (Å²) in [5.74, 6) is 0. The average Bonchev–Trinajstić information content (AvgIpc) is 3.82. The molecule has 0 bridgehead atoms. The van der Waals surface area contributed by atoms with Crippen LogP contribution in [0.4, 0.5) is 17.1 Å². The molecule has 0 aliphatic heterocycles. The van der Waals surface area contributed by atoms with Crippen molar-refractivity contribution in [2.24, 2.45) is 0 Å². The lowest BCUT2D eigenvalue weighted by Gasteiger charge is -2.29. The third-order valence-corrected chi connectivity index (χ3v) is 15.0. The Morgan fingerprint density at radius 2 is 0.811 bits per heavy atom. The van der Waals surface area contributed by atoms with E-state index < -0.39 is 0 Å². The number of rotatable bonds is 9. The van der Waals surface area contributed by atoms with Crippen LogP contribution in [0.25, 0.3) is 115 Å². The predicted molar refractivity (Wildman–Crippen MR) is 315 cm³/mol. The number of nitrogens with zero attached hydrogens (tertiary/aromatic N) is 2. The molecule has 2 heteroatoms. The van der Waals surface area contributed by atoms with Crippen LogP contribution in [0, 0.1) is 0 Å². The lowest BCUT2D eigenvalue weighted by Crippen LogP contribution is -2.12. The van der Waals surface area contributed by atoms with Crippen molar-refractivity contribution in [3.8, 4) is 61.3 Å². The zero-order valence-corrected chi connectivity index (χ0v) is 40.6. The van der Waals surface area contributed by atoms with E-state index in [9.17, 15) is 0 Å². The van der Waals surface area contributed by atoms with Crippen LogP contribution in [0.3, 0.4) is 0 Å². The van der Waals surface area contributed by atoms with E-state index in [1.54, 1.807) is 0 Å². The van der Waals surface area contributed by atoms with E-state index in [4.69, 9.17) is 0 Å². The summed E-state index contributed by atoms with van der Waals surface area (Å²) in [4.78, 5) is 2.47. The van der Waals surface area contributed by atoms with E-state index in [2.05, 4.69) is 301 Å². The highest BCUT2D eigenvalue weighted by molar-refractivity contribution is 6.19. The molecule has 0 amide bonds. The molecule has 0 spiro atoms. The van der Waals surface area contributed by atoms with Crippen LogP contribution < -0.4 is 4.90 Å². The van der Waals surface area contributed by atoms with Gasteiger partial charge in [0.2, 0.25) is 0 Å². The molecule has 0 atom stereocenters. The van der Waals surface area contributed by atoms with Gasteiger partial charge in [0.1, 0.15) is 0 Å². The van der Waals surface area contributed by atoms with Gasteiger partial charge in [-0.25, -0.2) is 0 Å². The average molecular weight is 941 g/mol. The van der Waals surface area contributed by atoms with Crippen molar-refractivity contribution in [2.75, 3.05) is 4.90 Å². The quantitative estimate of drug-likeness (QED) is 0.131. The fraction of sp³-hybridized carbons (Fsp3) is 0. The van der Waals surface area contributed by atoms with Crippen molar-refractivity contribution in [1.29, 1.82) is 0 Å². The summed E-state index contributed by atoms with van der Waals surface area (Å²) in [6, 6.07) is 107. The van der Waals surface area contributed by atoms with Gasteiger partial charge in [0.25, 0.3) is 0 Å². The molecule has 0 saturated carbocycles. The summed E-state index contributed by atoms with van der Waals surface area (Å²) in [6.07, 6.45) is 0. The lowest BCUT2D eigenvalue weighted by atomic mass is 9.91. The maximum atomic E-state index is 2.50. The predicted octanol–water partition coefficient (Wildman–Crippen LogP) is 20.0. The normalized spacial score (nSPS) is 11.5. The number of hydrogen-bond donors (Lipinski definition) is 0. The molecule has 13 aromatic carbocycles. The second-order valence-corrected chi connectivity index (χ2v) is 19.2. The van der Waals surface area contributed by atoms with Gasteiger partial charge in [-0.15, -0.1) is 0 Å². The molecule has 1 aromatic heterocycles. The summed E-state index contributed by atoms with van der Waals surface area (Å²) in [7, 11) is 0. The second kappa shape index (κ2) is 18.1. The van der Waals surface area contributed by atoms with Crippen molar-refractivity contribution in [1.82, 2.24) is 4.57 Å². The monoisotopic (exact) mass is 940 g/mol. The number of anilines is 3. The highest BCUT2D eigenvalue weighted by atomic mass is 15.1. The van der Waals surface area contributed by atoms with Crippen LogP contribution in [-0.4, -0.2) is 4.57 Å². The van der Waals surface area contributed by atoms with Gasteiger partial charge in [0, 0.05) is 38.7 Å². The zero-order valence-electron chi connectivity index (χ0n) is 40.6. The molecule has 0 radical (unpaired) electrons. The Bertz CT molecular complexity index is 4410. The first-order valence-electron chi connectivity index (χ1n) is 25.5. The first-order chi connectivity index (χ1) is 36.7. The molecule has 14 rings (SSSR count). The first-order valence-corrected chi connectivity index (χ1v) is 25.5. The van der Waals surface area contributed by atoms with E-state index in [0.717, 1.165) is 61.7 Å². The maximum absolute atomic E-state index is 2.50. The fourth-order valence-electron chi connectivity index (χ4n) is 11.6.